The number of benzene rings is 1. The lowest BCUT2D eigenvalue weighted by atomic mass is 9.92. The van der Waals surface area contributed by atoms with Gasteiger partial charge in [-0.05, 0) is 40.8 Å². The monoisotopic (exact) mass is 320 g/mol. The number of hydrogen-bond acceptors (Lipinski definition) is 2. The summed E-state index contributed by atoms with van der Waals surface area (Å²) in [6, 6.07) is 3.36. The van der Waals surface area contributed by atoms with E-state index in [9.17, 15) is 4.39 Å². The van der Waals surface area contributed by atoms with Crippen LogP contribution in [0.5, 0.6) is 0 Å². The molecule has 17 heavy (non-hydrogen) atoms. The number of nitrogens with two attached hydrogens (primary N) is 1. The van der Waals surface area contributed by atoms with E-state index in [1.165, 1.54) is 12.8 Å². The average Bonchev–Trinajstić information content (AvgIpc) is 2.84. The third kappa shape index (κ3) is 2.65. The van der Waals surface area contributed by atoms with Crippen LogP contribution in [0, 0.1) is 11.7 Å². The van der Waals surface area contributed by atoms with Crippen LogP contribution in [0.3, 0.4) is 0 Å². The number of hydrogen-bond donors (Lipinski definition) is 2. The van der Waals surface area contributed by atoms with E-state index >= 15 is 0 Å². The maximum absolute atomic E-state index is 14.1. The molecule has 0 heterocycles. The number of hydrazine groups is 1. The van der Waals surface area contributed by atoms with Crippen molar-refractivity contribution in [1.29, 1.82) is 0 Å². The standard InChI is InChI=1S/C12H15BrClFN2/c13-9-6-5-8(11(15)10(9)14)12(17-16)7-3-1-2-4-7/h5-7,12,17H,1-4,16H2. The second-order valence-electron chi connectivity index (χ2n) is 4.45. The fourth-order valence-electron chi connectivity index (χ4n) is 2.55. The molecule has 2 nitrogen and oxygen atoms in total. The van der Waals surface area contributed by atoms with Crippen LogP contribution in [0.15, 0.2) is 16.6 Å². The van der Waals surface area contributed by atoms with Gasteiger partial charge in [0.25, 0.3) is 0 Å². The van der Waals surface area contributed by atoms with Crippen molar-refractivity contribution in [3.05, 3.63) is 33.0 Å². The van der Waals surface area contributed by atoms with Crippen LogP contribution >= 0.6 is 27.5 Å². The average molecular weight is 322 g/mol. The van der Waals surface area contributed by atoms with Gasteiger partial charge in [0.15, 0.2) is 0 Å². The second-order valence-corrected chi connectivity index (χ2v) is 5.69. The normalized spacial score (nSPS) is 18.6. The quantitative estimate of drug-likeness (QED) is 0.503. The van der Waals surface area contributed by atoms with Crippen LogP contribution < -0.4 is 11.3 Å². The van der Waals surface area contributed by atoms with Crippen molar-refractivity contribution in [1.82, 2.24) is 5.43 Å². The van der Waals surface area contributed by atoms with Gasteiger partial charge >= 0.3 is 0 Å². The molecule has 0 spiro atoms. The summed E-state index contributed by atoms with van der Waals surface area (Å²) in [4.78, 5) is 0. The summed E-state index contributed by atoms with van der Waals surface area (Å²) in [5, 5.41) is 0.126. The Morgan fingerprint density at radius 3 is 2.65 bits per heavy atom. The van der Waals surface area contributed by atoms with Crippen LogP contribution in [0.1, 0.15) is 37.3 Å². The van der Waals surface area contributed by atoms with Gasteiger partial charge in [-0.3, -0.25) is 11.3 Å². The van der Waals surface area contributed by atoms with Gasteiger partial charge in [-0.25, -0.2) is 4.39 Å². The van der Waals surface area contributed by atoms with Crippen molar-refractivity contribution in [2.45, 2.75) is 31.7 Å². The van der Waals surface area contributed by atoms with Gasteiger partial charge in [-0.2, -0.15) is 0 Å². The highest BCUT2D eigenvalue weighted by molar-refractivity contribution is 9.10. The van der Waals surface area contributed by atoms with Gasteiger partial charge < -0.3 is 0 Å². The lowest BCUT2D eigenvalue weighted by molar-refractivity contribution is 0.362. The van der Waals surface area contributed by atoms with Crippen molar-refractivity contribution in [2.75, 3.05) is 0 Å². The zero-order chi connectivity index (χ0) is 12.4. The SMILES string of the molecule is NNC(c1ccc(Br)c(Cl)c1F)C1CCCC1. The molecule has 1 aromatic rings. The van der Waals surface area contributed by atoms with Crippen molar-refractivity contribution < 1.29 is 4.39 Å². The molecule has 0 aliphatic heterocycles. The predicted octanol–water partition coefficient (Wildman–Crippen LogP) is 3.94. The van der Waals surface area contributed by atoms with E-state index in [4.69, 9.17) is 17.4 Å². The molecule has 94 valence electrons. The van der Waals surface area contributed by atoms with Crippen molar-refractivity contribution in [3.63, 3.8) is 0 Å². The third-order valence-corrected chi connectivity index (χ3v) is 4.71. The molecule has 0 bridgehead atoms. The molecule has 0 saturated heterocycles. The highest BCUT2D eigenvalue weighted by atomic mass is 79.9. The van der Waals surface area contributed by atoms with E-state index in [0.29, 0.717) is 16.0 Å². The van der Waals surface area contributed by atoms with E-state index in [0.717, 1.165) is 12.8 Å². The molecule has 1 fully saturated rings. The first-order valence-corrected chi connectivity index (χ1v) is 6.91. The summed E-state index contributed by atoms with van der Waals surface area (Å²) in [5.74, 6) is 5.59. The van der Waals surface area contributed by atoms with Crippen molar-refractivity contribution in [2.24, 2.45) is 11.8 Å². The second kappa shape index (κ2) is 5.65. The smallest absolute Gasteiger partial charge is 0.147 e. The van der Waals surface area contributed by atoms with Gasteiger partial charge in [-0.15, -0.1) is 0 Å². The molecule has 0 amide bonds. The van der Waals surface area contributed by atoms with E-state index in [1.807, 2.05) is 0 Å². The molecule has 0 radical (unpaired) electrons. The lowest BCUT2D eigenvalue weighted by Gasteiger charge is -2.23. The first-order valence-electron chi connectivity index (χ1n) is 5.74. The molecule has 1 aromatic carbocycles. The minimum atomic E-state index is -0.379. The van der Waals surface area contributed by atoms with E-state index < -0.39 is 0 Å². The highest BCUT2D eigenvalue weighted by Crippen LogP contribution is 2.38. The summed E-state index contributed by atoms with van der Waals surface area (Å²) in [6.45, 7) is 0. The van der Waals surface area contributed by atoms with Gasteiger partial charge in [0, 0.05) is 10.0 Å². The molecule has 1 aliphatic rings. The zero-order valence-corrected chi connectivity index (χ0v) is 11.7. The molecule has 1 aliphatic carbocycles. The molecule has 5 heteroatoms. The Morgan fingerprint density at radius 2 is 2.06 bits per heavy atom. The maximum atomic E-state index is 14.1. The van der Waals surface area contributed by atoms with Gasteiger partial charge in [-0.1, -0.05) is 30.5 Å². The molecule has 2 rings (SSSR count). The molecule has 3 N–H and O–H groups in total. The summed E-state index contributed by atoms with van der Waals surface area (Å²) in [7, 11) is 0. The van der Waals surface area contributed by atoms with E-state index in [-0.39, 0.29) is 16.9 Å². The molecule has 1 atom stereocenters. The lowest BCUT2D eigenvalue weighted by Crippen LogP contribution is -2.33. The van der Waals surface area contributed by atoms with Gasteiger partial charge in [0.2, 0.25) is 0 Å². The topological polar surface area (TPSA) is 38.0 Å². The summed E-state index contributed by atoms with van der Waals surface area (Å²) in [5.41, 5.74) is 3.30. The molecule has 1 unspecified atom stereocenters. The number of nitrogens with one attached hydrogen (secondary N) is 1. The minimum Gasteiger partial charge on any atom is -0.271 e. The predicted molar refractivity (Wildman–Crippen MR) is 71.1 cm³/mol. The molecule has 1 saturated carbocycles. The largest absolute Gasteiger partial charge is 0.271 e. The van der Waals surface area contributed by atoms with Gasteiger partial charge in [0.05, 0.1) is 11.1 Å². The Morgan fingerprint density at radius 1 is 1.41 bits per heavy atom. The minimum absolute atomic E-state index is 0.126. The highest BCUT2D eigenvalue weighted by Gasteiger charge is 2.28. The van der Waals surface area contributed by atoms with Crippen molar-refractivity contribution in [3.8, 4) is 0 Å². The Bertz CT molecular complexity index is 408. The number of halogens is 3. The van der Waals surface area contributed by atoms with Crippen molar-refractivity contribution >= 4 is 27.5 Å². The van der Waals surface area contributed by atoms with Gasteiger partial charge in [0.1, 0.15) is 5.82 Å². The molecular weight excluding hydrogens is 307 g/mol. The van der Waals surface area contributed by atoms with E-state index in [1.54, 1.807) is 12.1 Å². The summed E-state index contributed by atoms with van der Waals surface area (Å²) < 4.78 is 14.7. The Kier molecular flexibility index (Phi) is 4.42. The fourth-order valence-corrected chi connectivity index (χ4v) is 3.03. The third-order valence-electron chi connectivity index (χ3n) is 3.45. The Labute approximate surface area is 114 Å². The molecule has 0 aromatic heterocycles. The Hall–Kier alpha value is -0.160. The molecular formula is C12H15BrClFN2. The van der Waals surface area contributed by atoms with Crippen LogP contribution in [0.4, 0.5) is 4.39 Å². The van der Waals surface area contributed by atoms with Crippen LogP contribution in [-0.4, -0.2) is 0 Å². The van der Waals surface area contributed by atoms with Crippen LogP contribution in [0.2, 0.25) is 5.02 Å². The van der Waals surface area contributed by atoms with E-state index in [2.05, 4.69) is 21.4 Å². The maximum Gasteiger partial charge on any atom is 0.147 e. The summed E-state index contributed by atoms with van der Waals surface area (Å²) >= 11 is 9.11. The van der Waals surface area contributed by atoms with Crippen LogP contribution in [0.25, 0.3) is 0 Å². The van der Waals surface area contributed by atoms with Crippen LogP contribution in [-0.2, 0) is 0 Å². The zero-order valence-electron chi connectivity index (χ0n) is 9.35. The first-order chi connectivity index (χ1) is 8.15. The Balaban J connectivity index is 2.33. The first kappa shape index (κ1) is 13.3. The fraction of sp³-hybridized carbons (Fsp3) is 0.500. The number of rotatable bonds is 3. The summed E-state index contributed by atoms with van der Waals surface area (Å²) in [6.07, 6.45) is 4.55.